The van der Waals surface area contributed by atoms with Crippen molar-refractivity contribution in [1.29, 1.82) is 0 Å². The molecular weight excluding hydrogens is 182 g/mol. The molecule has 4 nitrogen and oxygen atoms in total. The summed E-state index contributed by atoms with van der Waals surface area (Å²) < 4.78 is 10.2. The highest BCUT2D eigenvalue weighted by Crippen LogP contribution is 2.36. The van der Waals surface area contributed by atoms with E-state index in [1.54, 1.807) is 0 Å². The van der Waals surface area contributed by atoms with Gasteiger partial charge in [-0.25, -0.2) is 0 Å². The second-order valence-corrected chi connectivity index (χ2v) is 4.09. The predicted octanol–water partition coefficient (Wildman–Crippen LogP) is 0.461. The van der Waals surface area contributed by atoms with Crippen LogP contribution in [0.1, 0.15) is 25.7 Å². The van der Waals surface area contributed by atoms with E-state index >= 15 is 0 Å². The fourth-order valence-electron chi connectivity index (χ4n) is 1.89. The number of hydrogen-bond donors (Lipinski definition) is 1. The van der Waals surface area contributed by atoms with Gasteiger partial charge in [0.1, 0.15) is 5.54 Å². The zero-order valence-electron chi connectivity index (χ0n) is 8.54. The molecule has 0 spiro atoms. The zero-order chi connectivity index (χ0) is 10.0. The summed E-state index contributed by atoms with van der Waals surface area (Å²) in [7, 11) is 1.44. The molecule has 0 aromatic carbocycles. The minimum Gasteiger partial charge on any atom is -0.468 e. The lowest BCUT2D eigenvalue weighted by Crippen LogP contribution is -2.43. The molecule has 1 saturated carbocycles. The van der Waals surface area contributed by atoms with Crippen LogP contribution in [-0.4, -0.2) is 37.9 Å². The van der Waals surface area contributed by atoms with Gasteiger partial charge in [-0.1, -0.05) is 0 Å². The largest absolute Gasteiger partial charge is 0.468 e. The van der Waals surface area contributed by atoms with Crippen molar-refractivity contribution in [2.75, 3.05) is 20.3 Å². The van der Waals surface area contributed by atoms with Crippen LogP contribution >= 0.6 is 0 Å². The molecule has 1 aliphatic heterocycles. The monoisotopic (exact) mass is 199 g/mol. The summed E-state index contributed by atoms with van der Waals surface area (Å²) in [4.78, 5) is 11.4. The highest BCUT2D eigenvalue weighted by Gasteiger charge is 2.51. The smallest absolute Gasteiger partial charge is 0.326 e. The Morgan fingerprint density at radius 3 is 2.93 bits per heavy atom. The Bertz CT molecular complexity index is 219. The fraction of sp³-hybridized carbons (Fsp3) is 0.900. The van der Waals surface area contributed by atoms with Crippen molar-refractivity contribution < 1.29 is 14.3 Å². The van der Waals surface area contributed by atoms with Crippen LogP contribution in [-0.2, 0) is 14.3 Å². The van der Waals surface area contributed by atoms with Crippen LogP contribution in [0.15, 0.2) is 0 Å². The van der Waals surface area contributed by atoms with Crippen molar-refractivity contribution in [2.24, 2.45) is 0 Å². The highest BCUT2D eigenvalue weighted by molar-refractivity contribution is 5.84. The molecule has 0 radical (unpaired) electrons. The summed E-state index contributed by atoms with van der Waals surface area (Å²) in [5.74, 6) is -0.129. The van der Waals surface area contributed by atoms with Crippen molar-refractivity contribution >= 4 is 5.97 Å². The predicted molar refractivity (Wildman–Crippen MR) is 51.0 cm³/mol. The lowest BCUT2D eigenvalue weighted by Gasteiger charge is -2.17. The third-order valence-corrected chi connectivity index (χ3v) is 3.02. The molecule has 0 amide bonds. The Labute approximate surface area is 84.0 Å². The lowest BCUT2D eigenvalue weighted by atomic mass is 10.2. The van der Waals surface area contributed by atoms with Gasteiger partial charge in [0.25, 0.3) is 0 Å². The molecule has 0 aromatic heterocycles. The van der Waals surface area contributed by atoms with Crippen molar-refractivity contribution in [3.05, 3.63) is 0 Å². The summed E-state index contributed by atoms with van der Waals surface area (Å²) in [5, 5.41) is 3.26. The molecule has 2 fully saturated rings. The quantitative estimate of drug-likeness (QED) is 0.668. The number of hydrogen-bond acceptors (Lipinski definition) is 4. The Kier molecular flexibility index (Phi) is 2.74. The second kappa shape index (κ2) is 3.87. The first kappa shape index (κ1) is 9.93. The molecule has 4 heteroatoms. The van der Waals surface area contributed by atoms with E-state index in [4.69, 9.17) is 9.47 Å². The Morgan fingerprint density at radius 1 is 1.64 bits per heavy atom. The number of carbonyl (C=O) groups is 1. The van der Waals surface area contributed by atoms with E-state index < -0.39 is 0 Å². The standard InChI is InChI=1S/C10H17NO3/c1-13-9(12)10(4-5-10)11-7-8-3-2-6-14-8/h8,11H,2-7H2,1H3. The van der Waals surface area contributed by atoms with Crippen LogP contribution in [0.4, 0.5) is 0 Å². The van der Waals surface area contributed by atoms with E-state index in [-0.39, 0.29) is 17.6 Å². The maximum atomic E-state index is 11.4. The zero-order valence-corrected chi connectivity index (χ0v) is 8.54. The van der Waals surface area contributed by atoms with Gasteiger partial charge in [-0.15, -0.1) is 0 Å². The molecule has 2 aliphatic rings. The van der Waals surface area contributed by atoms with Crippen molar-refractivity contribution in [1.82, 2.24) is 5.32 Å². The van der Waals surface area contributed by atoms with Gasteiger partial charge < -0.3 is 9.47 Å². The average Bonchev–Trinajstić information content (AvgIpc) is 2.83. The molecule has 1 aliphatic carbocycles. The summed E-state index contributed by atoms with van der Waals surface area (Å²) in [6.07, 6.45) is 4.32. The Balaban J connectivity index is 1.76. The molecule has 80 valence electrons. The maximum Gasteiger partial charge on any atom is 0.326 e. The number of methoxy groups -OCH3 is 1. The SMILES string of the molecule is COC(=O)C1(NCC2CCCO2)CC1. The summed E-state index contributed by atoms with van der Waals surface area (Å²) in [5.41, 5.74) is -0.374. The first-order chi connectivity index (χ1) is 6.77. The summed E-state index contributed by atoms with van der Waals surface area (Å²) in [6, 6.07) is 0. The van der Waals surface area contributed by atoms with Gasteiger partial charge in [0.15, 0.2) is 0 Å². The fourth-order valence-corrected chi connectivity index (χ4v) is 1.89. The van der Waals surface area contributed by atoms with Gasteiger partial charge in [-0.2, -0.15) is 0 Å². The number of ether oxygens (including phenoxy) is 2. The van der Waals surface area contributed by atoms with Gasteiger partial charge in [-0.3, -0.25) is 10.1 Å². The van der Waals surface area contributed by atoms with E-state index in [9.17, 15) is 4.79 Å². The van der Waals surface area contributed by atoms with E-state index in [1.807, 2.05) is 0 Å². The van der Waals surface area contributed by atoms with Crippen LogP contribution < -0.4 is 5.32 Å². The van der Waals surface area contributed by atoms with Crippen LogP contribution in [0.25, 0.3) is 0 Å². The molecule has 1 unspecified atom stereocenters. The molecular formula is C10H17NO3. The van der Waals surface area contributed by atoms with Gasteiger partial charge >= 0.3 is 5.97 Å². The van der Waals surface area contributed by atoms with Gasteiger partial charge in [-0.05, 0) is 25.7 Å². The molecule has 1 saturated heterocycles. The van der Waals surface area contributed by atoms with Gasteiger partial charge in [0, 0.05) is 13.2 Å². The van der Waals surface area contributed by atoms with Crippen molar-refractivity contribution in [2.45, 2.75) is 37.3 Å². The number of esters is 1. The first-order valence-corrected chi connectivity index (χ1v) is 5.22. The summed E-state index contributed by atoms with van der Waals surface area (Å²) >= 11 is 0. The van der Waals surface area contributed by atoms with E-state index in [1.165, 1.54) is 7.11 Å². The topological polar surface area (TPSA) is 47.6 Å². The molecule has 0 bridgehead atoms. The van der Waals surface area contributed by atoms with E-state index in [0.717, 1.165) is 38.8 Å². The van der Waals surface area contributed by atoms with Crippen molar-refractivity contribution in [3.8, 4) is 0 Å². The first-order valence-electron chi connectivity index (χ1n) is 5.22. The minimum atomic E-state index is -0.374. The summed E-state index contributed by atoms with van der Waals surface area (Å²) in [6.45, 7) is 1.63. The number of carbonyl (C=O) groups excluding carboxylic acids is 1. The van der Waals surface area contributed by atoms with Crippen LogP contribution in [0.5, 0.6) is 0 Å². The van der Waals surface area contributed by atoms with E-state index in [2.05, 4.69) is 5.32 Å². The second-order valence-electron chi connectivity index (χ2n) is 4.09. The third kappa shape index (κ3) is 1.91. The molecule has 14 heavy (non-hydrogen) atoms. The maximum absolute atomic E-state index is 11.4. The Hall–Kier alpha value is -0.610. The lowest BCUT2D eigenvalue weighted by molar-refractivity contribution is -0.144. The molecule has 0 aromatic rings. The normalized spacial score (nSPS) is 28.8. The molecule has 1 atom stereocenters. The third-order valence-electron chi connectivity index (χ3n) is 3.02. The number of rotatable bonds is 4. The van der Waals surface area contributed by atoms with Crippen LogP contribution in [0, 0.1) is 0 Å². The molecule has 2 rings (SSSR count). The number of nitrogens with one attached hydrogen (secondary N) is 1. The minimum absolute atomic E-state index is 0.129. The van der Waals surface area contributed by atoms with Crippen molar-refractivity contribution in [3.63, 3.8) is 0 Å². The highest BCUT2D eigenvalue weighted by atomic mass is 16.5. The average molecular weight is 199 g/mol. The van der Waals surface area contributed by atoms with E-state index in [0.29, 0.717) is 0 Å². The Morgan fingerprint density at radius 2 is 2.43 bits per heavy atom. The van der Waals surface area contributed by atoms with Gasteiger partial charge in [0.2, 0.25) is 0 Å². The molecule has 1 heterocycles. The van der Waals surface area contributed by atoms with Gasteiger partial charge in [0.05, 0.1) is 13.2 Å². The van der Waals surface area contributed by atoms with Crippen LogP contribution in [0.2, 0.25) is 0 Å². The molecule has 1 N–H and O–H groups in total. The van der Waals surface area contributed by atoms with Crippen LogP contribution in [0.3, 0.4) is 0 Å².